The van der Waals surface area contributed by atoms with E-state index in [4.69, 9.17) is 0 Å². The van der Waals surface area contributed by atoms with E-state index in [-0.39, 0.29) is 30.3 Å². The van der Waals surface area contributed by atoms with Crippen LogP contribution in [0.4, 0.5) is 0 Å². The van der Waals surface area contributed by atoms with Gasteiger partial charge in [-0.1, -0.05) is 72.8 Å². The first-order chi connectivity index (χ1) is 14.0. The minimum atomic E-state index is -0.106. The summed E-state index contributed by atoms with van der Waals surface area (Å²) in [6, 6.07) is 25.4. The van der Waals surface area contributed by atoms with Gasteiger partial charge < -0.3 is 4.90 Å². The summed E-state index contributed by atoms with van der Waals surface area (Å²) in [6.07, 6.45) is 0.318. The number of carbonyl (C=O) groups excluding carboxylic acids is 3. The predicted molar refractivity (Wildman–Crippen MR) is 113 cm³/mol. The Kier molecular flexibility index (Phi) is 6.69. The van der Waals surface area contributed by atoms with Gasteiger partial charge in [0.05, 0.1) is 0 Å². The van der Waals surface area contributed by atoms with E-state index < -0.39 is 0 Å². The SMILES string of the molecule is CN(Cc1ccccc1)C(=O)c1ccc(C(=O)CCC(=O)c2ccccc2)cc1. The van der Waals surface area contributed by atoms with Gasteiger partial charge in [-0.3, -0.25) is 14.4 Å². The van der Waals surface area contributed by atoms with Gasteiger partial charge in [0.25, 0.3) is 5.91 Å². The van der Waals surface area contributed by atoms with E-state index in [2.05, 4.69) is 0 Å². The van der Waals surface area contributed by atoms with Gasteiger partial charge in [-0.2, -0.15) is 0 Å². The third kappa shape index (κ3) is 5.48. The standard InChI is InChI=1S/C25H23NO3/c1-26(18-19-8-4-2-5-9-19)25(29)22-14-12-21(13-15-22)24(28)17-16-23(27)20-10-6-3-7-11-20/h2-15H,16-18H2,1H3. The number of hydrogen-bond acceptors (Lipinski definition) is 3. The lowest BCUT2D eigenvalue weighted by atomic mass is 10.0. The van der Waals surface area contributed by atoms with Crippen molar-refractivity contribution in [3.8, 4) is 0 Å². The lowest BCUT2D eigenvalue weighted by Crippen LogP contribution is -2.26. The zero-order valence-electron chi connectivity index (χ0n) is 16.4. The largest absolute Gasteiger partial charge is 0.337 e. The lowest BCUT2D eigenvalue weighted by molar-refractivity contribution is 0.0784. The van der Waals surface area contributed by atoms with Crippen molar-refractivity contribution in [2.24, 2.45) is 0 Å². The molecule has 0 aliphatic carbocycles. The molecule has 0 spiro atoms. The Morgan fingerprint density at radius 2 is 1.07 bits per heavy atom. The fourth-order valence-electron chi connectivity index (χ4n) is 3.09. The van der Waals surface area contributed by atoms with Crippen LogP contribution in [0.15, 0.2) is 84.9 Å². The lowest BCUT2D eigenvalue weighted by Gasteiger charge is -2.17. The zero-order valence-corrected chi connectivity index (χ0v) is 16.4. The van der Waals surface area contributed by atoms with Gasteiger partial charge >= 0.3 is 0 Å². The van der Waals surface area contributed by atoms with Gasteiger partial charge in [-0.05, 0) is 17.7 Å². The van der Waals surface area contributed by atoms with Gasteiger partial charge in [0.1, 0.15) is 0 Å². The van der Waals surface area contributed by atoms with Gasteiger partial charge in [-0.25, -0.2) is 0 Å². The number of ketones is 2. The summed E-state index contributed by atoms with van der Waals surface area (Å²) < 4.78 is 0. The topological polar surface area (TPSA) is 54.5 Å². The Hall–Kier alpha value is -3.53. The monoisotopic (exact) mass is 385 g/mol. The number of hydrogen-bond donors (Lipinski definition) is 0. The molecule has 3 aromatic carbocycles. The van der Waals surface area contributed by atoms with Crippen molar-refractivity contribution in [2.75, 3.05) is 7.05 Å². The Morgan fingerprint density at radius 1 is 0.621 bits per heavy atom. The van der Waals surface area contributed by atoms with Gasteiger partial charge in [0.15, 0.2) is 11.6 Å². The summed E-state index contributed by atoms with van der Waals surface area (Å²) in [5.41, 5.74) is 2.70. The quantitative estimate of drug-likeness (QED) is 0.523. The maximum Gasteiger partial charge on any atom is 0.253 e. The molecule has 0 unspecified atom stereocenters. The van der Waals surface area contributed by atoms with Crippen LogP contribution in [0.5, 0.6) is 0 Å². The number of rotatable bonds is 8. The van der Waals surface area contributed by atoms with Crippen LogP contribution in [0.3, 0.4) is 0 Å². The van der Waals surface area contributed by atoms with Crippen LogP contribution in [-0.4, -0.2) is 29.4 Å². The first kappa shape index (κ1) is 20.2. The van der Waals surface area contributed by atoms with E-state index in [1.807, 2.05) is 36.4 Å². The molecule has 1 amide bonds. The van der Waals surface area contributed by atoms with Crippen molar-refractivity contribution >= 4 is 17.5 Å². The first-order valence-electron chi connectivity index (χ1n) is 9.55. The van der Waals surface area contributed by atoms with Crippen LogP contribution in [0.1, 0.15) is 49.5 Å². The van der Waals surface area contributed by atoms with Crippen molar-refractivity contribution in [2.45, 2.75) is 19.4 Å². The zero-order chi connectivity index (χ0) is 20.6. The van der Waals surface area contributed by atoms with Crippen LogP contribution in [0.2, 0.25) is 0 Å². The maximum atomic E-state index is 12.6. The van der Waals surface area contributed by atoms with E-state index in [0.717, 1.165) is 5.56 Å². The van der Waals surface area contributed by atoms with E-state index >= 15 is 0 Å². The van der Waals surface area contributed by atoms with Gasteiger partial charge in [0.2, 0.25) is 0 Å². The molecule has 0 N–H and O–H groups in total. The molecule has 0 heterocycles. The molecule has 0 radical (unpaired) electrons. The maximum absolute atomic E-state index is 12.6. The van der Waals surface area contributed by atoms with Crippen molar-refractivity contribution in [1.29, 1.82) is 0 Å². The van der Waals surface area contributed by atoms with E-state index in [0.29, 0.717) is 23.2 Å². The molecule has 3 aromatic rings. The molecule has 0 saturated heterocycles. The molecular formula is C25H23NO3. The third-order valence-electron chi connectivity index (χ3n) is 4.74. The normalized spacial score (nSPS) is 10.4. The highest BCUT2D eigenvalue weighted by molar-refractivity contribution is 6.02. The summed E-state index contributed by atoms with van der Waals surface area (Å²) in [5, 5.41) is 0. The fourth-order valence-corrected chi connectivity index (χ4v) is 3.09. The minimum absolute atomic E-state index is 0.0479. The molecule has 0 aliphatic rings. The molecule has 0 atom stereocenters. The van der Waals surface area contributed by atoms with Crippen molar-refractivity contribution in [1.82, 2.24) is 4.90 Å². The molecule has 4 nitrogen and oxygen atoms in total. The minimum Gasteiger partial charge on any atom is -0.337 e. The molecule has 0 bridgehead atoms. The van der Waals surface area contributed by atoms with E-state index in [1.165, 1.54) is 0 Å². The second-order valence-electron chi connectivity index (χ2n) is 6.94. The summed E-state index contributed by atoms with van der Waals surface area (Å²) in [5.74, 6) is -0.258. The average Bonchev–Trinajstić information content (AvgIpc) is 2.78. The van der Waals surface area contributed by atoms with Crippen LogP contribution >= 0.6 is 0 Å². The Bertz CT molecular complexity index is 980. The predicted octanol–water partition coefficient (Wildman–Crippen LogP) is 4.80. The second kappa shape index (κ2) is 9.60. The van der Waals surface area contributed by atoms with E-state index in [9.17, 15) is 14.4 Å². The van der Waals surface area contributed by atoms with Crippen LogP contribution in [0.25, 0.3) is 0 Å². The van der Waals surface area contributed by atoms with Crippen molar-refractivity contribution < 1.29 is 14.4 Å². The molecule has 146 valence electrons. The first-order valence-corrected chi connectivity index (χ1v) is 9.55. The Balaban J connectivity index is 1.56. The number of amides is 1. The Labute approximate surface area is 170 Å². The highest BCUT2D eigenvalue weighted by Crippen LogP contribution is 2.13. The number of Topliss-reactive ketones (excluding diaryl/α,β-unsaturated/α-hetero) is 2. The van der Waals surface area contributed by atoms with E-state index in [1.54, 1.807) is 60.5 Å². The Morgan fingerprint density at radius 3 is 1.62 bits per heavy atom. The third-order valence-corrected chi connectivity index (χ3v) is 4.74. The average molecular weight is 385 g/mol. The number of carbonyl (C=O) groups is 3. The van der Waals surface area contributed by atoms with Crippen LogP contribution < -0.4 is 0 Å². The highest BCUT2D eigenvalue weighted by atomic mass is 16.2. The highest BCUT2D eigenvalue weighted by Gasteiger charge is 2.14. The van der Waals surface area contributed by atoms with Crippen molar-refractivity contribution in [3.05, 3.63) is 107 Å². The van der Waals surface area contributed by atoms with Crippen LogP contribution in [0, 0.1) is 0 Å². The number of nitrogens with zero attached hydrogens (tertiary/aromatic N) is 1. The molecule has 0 saturated carbocycles. The van der Waals surface area contributed by atoms with Gasteiger partial charge in [-0.15, -0.1) is 0 Å². The second-order valence-corrected chi connectivity index (χ2v) is 6.94. The fraction of sp³-hybridized carbons (Fsp3) is 0.160. The smallest absolute Gasteiger partial charge is 0.253 e. The number of benzene rings is 3. The molecular weight excluding hydrogens is 362 g/mol. The summed E-state index contributed by atoms with van der Waals surface area (Å²) in [4.78, 5) is 38.8. The molecule has 0 aliphatic heterocycles. The van der Waals surface area contributed by atoms with Crippen LogP contribution in [-0.2, 0) is 6.54 Å². The van der Waals surface area contributed by atoms with Crippen molar-refractivity contribution in [3.63, 3.8) is 0 Å². The summed E-state index contributed by atoms with van der Waals surface area (Å²) in [6.45, 7) is 0.516. The summed E-state index contributed by atoms with van der Waals surface area (Å²) >= 11 is 0. The molecule has 0 aromatic heterocycles. The molecule has 4 heteroatoms. The van der Waals surface area contributed by atoms with Gasteiger partial charge in [0, 0.05) is 43.1 Å². The molecule has 29 heavy (non-hydrogen) atoms. The molecule has 0 fully saturated rings. The summed E-state index contributed by atoms with van der Waals surface area (Å²) in [7, 11) is 1.75. The molecule has 3 rings (SSSR count).